The molecular formula is C16H31N3O2. The van der Waals surface area contributed by atoms with Crippen molar-refractivity contribution in [3.63, 3.8) is 0 Å². The molecule has 2 unspecified atom stereocenters. The van der Waals surface area contributed by atoms with Crippen molar-refractivity contribution in [1.29, 1.82) is 0 Å². The first-order chi connectivity index (χ1) is 10.0. The summed E-state index contributed by atoms with van der Waals surface area (Å²) in [5.41, 5.74) is -0.732. The lowest BCUT2D eigenvalue weighted by Crippen LogP contribution is -2.63. The van der Waals surface area contributed by atoms with E-state index in [1.807, 2.05) is 0 Å². The maximum absolute atomic E-state index is 12.0. The summed E-state index contributed by atoms with van der Waals surface area (Å²) in [5, 5.41) is 13.2. The third kappa shape index (κ3) is 3.76. The summed E-state index contributed by atoms with van der Waals surface area (Å²) in [6, 6.07) is 0.552. The van der Waals surface area contributed by atoms with Gasteiger partial charge < -0.3 is 15.3 Å². The maximum atomic E-state index is 12.0. The lowest BCUT2D eigenvalue weighted by molar-refractivity contribution is -0.147. The third-order valence-corrected chi connectivity index (χ3v) is 5.15. The lowest BCUT2D eigenvalue weighted by atomic mass is 9.91. The molecule has 1 aliphatic heterocycles. The number of carbonyl (C=O) groups is 1. The van der Waals surface area contributed by atoms with Gasteiger partial charge in [0.15, 0.2) is 0 Å². The van der Waals surface area contributed by atoms with Crippen LogP contribution < -0.4 is 5.32 Å². The highest BCUT2D eigenvalue weighted by Crippen LogP contribution is 2.40. The van der Waals surface area contributed by atoms with E-state index in [0.29, 0.717) is 18.5 Å². The number of piperazine rings is 1. The number of likely N-dealkylation sites (N-methyl/N-ethyl adjacent to an activating group) is 1. The van der Waals surface area contributed by atoms with Gasteiger partial charge in [0.25, 0.3) is 0 Å². The Bertz CT molecular complexity index is 359. The molecule has 0 spiro atoms. The fourth-order valence-corrected chi connectivity index (χ4v) is 3.52. The van der Waals surface area contributed by atoms with Gasteiger partial charge in [-0.1, -0.05) is 13.8 Å². The zero-order chi connectivity index (χ0) is 15.5. The van der Waals surface area contributed by atoms with Crippen LogP contribution in [0.1, 0.15) is 39.5 Å². The standard InChI is InChI=1S/C16H31N3O2/c1-4-8-17-16(15(20)21,13-6-7-13)12-19-10-9-18(3)14(5-2)11-19/h13-14,17H,4-12H2,1-3H3,(H,20,21). The smallest absolute Gasteiger partial charge is 0.325 e. The molecule has 1 saturated carbocycles. The molecule has 1 aliphatic carbocycles. The molecule has 0 aromatic rings. The van der Waals surface area contributed by atoms with Gasteiger partial charge in [-0.3, -0.25) is 9.69 Å². The summed E-state index contributed by atoms with van der Waals surface area (Å²) in [6.45, 7) is 8.74. The summed E-state index contributed by atoms with van der Waals surface area (Å²) >= 11 is 0. The van der Waals surface area contributed by atoms with Gasteiger partial charge in [0, 0.05) is 32.2 Å². The normalized spacial score (nSPS) is 27.5. The minimum atomic E-state index is -0.732. The van der Waals surface area contributed by atoms with Crippen LogP contribution in [0.25, 0.3) is 0 Å². The molecule has 0 radical (unpaired) electrons. The van der Waals surface area contributed by atoms with Crippen LogP contribution in [0.4, 0.5) is 0 Å². The molecule has 5 heteroatoms. The van der Waals surface area contributed by atoms with E-state index in [9.17, 15) is 9.90 Å². The van der Waals surface area contributed by atoms with Crippen molar-refractivity contribution >= 4 is 5.97 Å². The fraction of sp³-hybridized carbons (Fsp3) is 0.938. The molecule has 2 fully saturated rings. The van der Waals surface area contributed by atoms with Crippen LogP contribution in [0.3, 0.4) is 0 Å². The third-order valence-electron chi connectivity index (χ3n) is 5.15. The Morgan fingerprint density at radius 2 is 2.05 bits per heavy atom. The molecule has 2 N–H and O–H groups in total. The van der Waals surface area contributed by atoms with E-state index < -0.39 is 11.5 Å². The topological polar surface area (TPSA) is 55.8 Å². The maximum Gasteiger partial charge on any atom is 0.325 e. The predicted octanol–water partition coefficient (Wildman–Crippen LogP) is 1.25. The highest BCUT2D eigenvalue weighted by Gasteiger charge is 2.52. The summed E-state index contributed by atoms with van der Waals surface area (Å²) in [5.74, 6) is -0.355. The molecule has 0 bridgehead atoms. The Kier molecular flexibility index (Phi) is 5.63. The van der Waals surface area contributed by atoms with Gasteiger partial charge in [0.2, 0.25) is 0 Å². The lowest BCUT2D eigenvalue weighted by Gasteiger charge is -2.43. The van der Waals surface area contributed by atoms with Crippen LogP contribution in [0.15, 0.2) is 0 Å². The molecule has 2 rings (SSSR count). The second-order valence-corrected chi connectivity index (χ2v) is 6.76. The van der Waals surface area contributed by atoms with Gasteiger partial charge in [-0.15, -0.1) is 0 Å². The Labute approximate surface area is 128 Å². The zero-order valence-corrected chi connectivity index (χ0v) is 13.8. The molecule has 2 atom stereocenters. The molecule has 2 aliphatic rings. The van der Waals surface area contributed by atoms with Gasteiger partial charge in [0.05, 0.1) is 0 Å². The molecule has 122 valence electrons. The number of nitrogens with one attached hydrogen (secondary N) is 1. The van der Waals surface area contributed by atoms with Crippen molar-refractivity contribution in [2.45, 2.75) is 51.1 Å². The summed E-state index contributed by atoms with van der Waals surface area (Å²) in [4.78, 5) is 16.8. The van der Waals surface area contributed by atoms with Crippen LogP contribution in [-0.2, 0) is 4.79 Å². The van der Waals surface area contributed by atoms with Crippen molar-refractivity contribution < 1.29 is 9.90 Å². The van der Waals surface area contributed by atoms with E-state index in [1.165, 1.54) is 0 Å². The molecule has 0 aromatic heterocycles. The first-order valence-corrected chi connectivity index (χ1v) is 8.44. The Morgan fingerprint density at radius 1 is 1.33 bits per heavy atom. The first-order valence-electron chi connectivity index (χ1n) is 8.44. The Balaban J connectivity index is 2.05. The molecule has 0 amide bonds. The number of aliphatic carboxylic acids is 1. The van der Waals surface area contributed by atoms with Crippen molar-refractivity contribution in [3.05, 3.63) is 0 Å². The average molecular weight is 297 g/mol. The molecule has 5 nitrogen and oxygen atoms in total. The summed E-state index contributed by atoms with van der Waals surface area (Å²) < 4.78 is 0. The van der Waals surface area contributed by atoms with Crippen LogP contribution in [0.2, 0.25) is 0 Å². The van der Waals surface area contributed by atoms with Crippen molar-refractivity contribution in [3.8, 4) is 0 Å². The summed E-state index contributed by atoms with van der Waals surface area (Å²) in [6.07, 6.45) is 4.20. The highest BCUT2D eigenvalue weighted by atomic mass is 16.4. The fourth-order valence-electron chi connectivity index (χ4n) is 3.52. The number of hydrogen-bond donors (Lipinski definition) is 2. The molecular weight excluding hydrogens is 266 g/mol. The van der Waals surface area contributed by atoms with Gasteiger partial charge in [-0.05, 0) is 45.2 Å². The average Bonchev–Trinajstić information content (AvgIpc) is 3.30. The van der Waals surface area contributed by atoms with E-state index >= 15 is 0 Å². The number of rotatable bonds is 8. The van der Waals surface area contributed by atoms with E-state index in [2.05, 4.69) is 36.0 Å². The SMILES string of the molecule is CCCNC(CN1CCN(C)C(CC)C1)(C(=O)O)C1CC1. The highest BCUT2D eigenvalue weighted by molar-refractivity contribution is 5.80. The number of carboxylic acid groups (broad SMARTS) is 1. The van der Waals surface area contributed by atoms with Gasteiger partial charge in [-0.25, -0.2) is 0 Å². The second-order valence-electron chi connectivity index (χ2n) is 6.76. The van der Waals surface area contributed by atoms with Crippen molar-refractivity contribution in [1.82, 2.24) is 15.1 Å². The van der Waals surface area contributed by atoms with Crippen LogP contribution in [0.5, 0.6) is 0 Å². The van der Waals surface area contributed by atoms with Crippen LogP contribution in [0, 0.1) is 5.92 Å². The quantitative estimate of drug-likeness (QED) is 0.706. The van der Waals surface area contributed by atoms with Gasteiger partial charge in [0.1, 0.15) is 5.54 Å². The number of carboxylic acids is 1. The molecule has 1 saturated heterocycles. The van der Waals surface area contributed by atoms with E-state index in [-0.39, 0.29) is 0 Å². The van der Waals surface area contributed by atoms with Crippen molar-refractivity contribution in [2.24, 2.45) is 5.92 Å². The number of nitrogens with zero attached hydrogens (tertiary/aromatic N) is 2. The first kappa shape index (κ1) is 16.7. The minimum Gasteiger partial charge on any atom is -0.480 e. The largest absolute Gasteiger partial charge is 0.480 e. The molecule has 1 heterocycles. The van der Waals surface area contributed by atoms with Crippen LogP contribution >= 0.6 is 0 Å². The Morgan fingerprint density at radius 3 is 2.57 bits per heavy atom. The predicted molar refractivity (Wildman–Crippen MR) is 84.5 cm³/mol. The summed E-state index contributed by atoms with van der Waals surface area (Å²) in [7, 11) is 2.17. The van der Waals surface area contributed by atoms with E-state index in [0.717, 1.165) is 51.9 Å². The van der Waals surface area contributed by atoms with E-state index in [4.69, 9.17) is 0 Å². The second kappa shape index (κ2) is 7.07. The molecule has 0 aromatic carbocycles. The monoisotopic (exact) mass is 297 g/mol. The van der Waals surface area contributed by atoms with Crippen LogP contribution in [-0.4, -0.2) is 72.2 Å². The zero-order valence-electron chi connectivity index (χ0n) is 13.8. The molecule has 21 heavy (non-hydrogen) atoms. The van der Waals surface area contributed by atoms with Gasteiger partial charge >= 0.3 is 5.97 Å². The minimum absolute atomic E-state index is 0.307. The van der Waals surface area contributed by atoms with Gasteiger partial charge in [-0.2, -0.15) is 0 Å². The Hall–Kier alpha value is -0.650. The van der Waals surface area contributed by atoms with Crippen molar-refractivity contribution in [2.75, 3.05) is 39.8 Å². The van der Waals surface area contributed by atoms with E-state index in [1.54, 1.807) is 0 Å². The number of hydrogen-bond acceptors (Lipinski definition) is 4.